The van der Waals surface area contributed by atoms with E-state index in [0.717, 1.165) is 16.3 Å². The van der Waals surface area contributed by atoms with Crippen molar-refractivity contribution in [3.63, 3.8) is 0 Å². The van der Waals surface area contributed by atoms with Crippen molar-refractivity contribution < 1.29 is 9.59 Å². The number of aromatic amines is 2. The zero-order chi connectivity index (χ0) is 18.3. The summed E-state index contributed by atoms with van der Waals surface area (Å²) < 4.78 is 0. The van der Waals surface area contributed by atoms with Crippen molar-refractivity contribution in [3.8, 4) is 0 Å². The van der Waals surface area contributed by atoms with E-state index in [0.29, 0.717) is 21.4 Å². The van der Waals surface area contributed by atoms with E-state index in [9.17, 15) is 9.59 Å². The van der Waals surface area contributed by atoms with E-state index in [-0.39, 0.29) is 5.69 Å². The second-order valence-electron chi connectivity index (χ2n) is 5.60. The van der Waals surface area contributed by atoms with E-state index in [2.05, 4.69) is 25.8 Å². The van der Waals surface area contributed by atoms with Crippen molar-refractivity contribution in [1.29, 1.82) is 0 Å². The average molecular weight is 388 g/mol. The fraction of sp³-hybridized carbons (Fsp3) is 0. The predicted octanol–water partition coefficient (Wildman–Crippen LogP) is 3.43. The third-order valence-electron chi connectivity index (χ3n) is 3.83. The van der Waals surface area contributed by atoms with Crippen LogP contribution in [0.2, 0.25) is 10.2 Å². The summed E-state index contributed by atoms with van der Waals surface area (Å²) in [4.78, 5) is 34.2. The van der Waals surface area contributed by atoms with Crippen molar-refractivity contribution in [3.05, 3.63) is 64.2 Å². The molecule has 9 heteroatoms. The summed E-state index contributed by atoms with van der Waals surface area (Å²) in [6, 6.07) is 10.1. The highest BCUT2D eigenvalue weighted by Gasteiger charge is 2.13. The van der Waals surface area contributed by atoms with Crippen LogP contribution in [0.4, 0.5) is 0 Å². The SMILES string of the molecule is O=C(NNC(=O)c1cc2cc(Cl)ncc2[nH]1)c1cc2cc(Cl)ccc2[nH]1. The summed E-state index contributed by atoms with van der Waals surface area (Å²) in [5.41, 5.74) is 6.73. The number of nitrogens with zero attached hydrogens (tertiary/aromatic N) is 1. The van der Waals surface area contributed by atoms with Crippen molar-refractivity contribution in [2.75, 3.05) is 0 Å². The lowest BCUT2D eigenvalue weighted by Crippen LogP contribution is -2.41. The van der Waals surface area contributed by atoms with Gasteiger partial charge in [0.15, 0.2) is 0 Å². The van der Waals surface area contributed by atoms with Crippen LogP contribution in [0, 0.1) is 0 Å². The Hall–Kier alpha value is -3.03. The first kappa shape index (κ1) is 16.4. The molecule has 2 amide bonds. The quantitative estimate of drug-likeness (QED) is 0.313. The lowest BCUT2D eigenvalue weighted by Gasteiger charge is -2.04. The molecule has 0 saturated carbocycles. The number of nitrogens with one attached hydrogen (secondary N) is 4. The van der Waals surface area contributed by atoms with Crippen LogP contribution in [0.1, 0.15) is 21.0 Å². The number of carbonyl (C=O) groups excluding carboxylic acids is 2. The first-order chi connectivity index (χ1) is 12.5. The Bertz CT molecular complexity index is 1070. The van der Waals surface area contributed by atoms with E-state index in [1.165, 1.54) is 6.20 Å². The van der Waals surface area contributed by atoms with Crippen LogP contribution >= 0.6 is 23.2 Å². The smallest absolute Gasteiger partial charge is 0.286 e. The number of hydrogen-bond donors (Lipinski definition) is 4. The molecule has 4 aromatic rings. The maximum Gasteiger partial charge on any atom is 0.286 e. The Kier molecular flexibility index (Phi) is 4.02. The summed E-state index contributed by atoms with van der Waals surface area (Å²) in [6.07, 6.45) is 1.53. The molecule has 3 aromatic heterocycles. The first-order valence-corrected chi connectivity index (χ1v) is 8.28. The zero-order valence-corrected chi connectivity index (χ0v) is 14.6. The fourth-order valence-corrected chi connectivity index (χ4v) is 2.95. The number of fused-ring (bicyclic) bond motifs is 2. The van der Waals surface area contributed by atoms with Crippen molar-refractivity contribution >= 4 is 56.8 Å². The number of rotatable bonds is 2. The summed E-state index contributed by atoms with van der Waals surface area (Å²) >= 11 is 11.8. The maximum absolute atomic E-state index is 12.2. The lowest BCUT2D eigenvalue weighted by atomic mass is 10.2. The van der Waals surface area contributed by atoms with Gasteiger partial charge in [0.1, 0.15) is 16.5 Å². The molecule has 3 heterocycles. The van der Waals surface area contributed by atoms with Gasteiger partial charge in [-0.2, -0.15) is 0 Å². The number of carbonyl (C=O) groups is 2. The molecule has 0 aliphatic heterocycles. The van der Waals surface area contributed by atoms with Crippen LogP contribution in [0.25, 0.3) is 21.8 Å². The van der Waals surface area contributed by atoms with Gasteiger partial charge in [-0.05, 0) is 36.4 Å². The highest BCUT2D eigenvalue weighted by Crippen LogP contribution is 2.20. The summed E-state index contributed by atoms with van der Waals surface area (Å²) in [6.45, 7) is 0. The monoisotopic (exact) mass is 387 g/mol. The first-order valence-electron chi connectivity index (χ1n) is 7.53. The molecule has 0 bridgehead atoms. The van der Waals surface area contributed by atoms with Gasteiger partial charge in [0.05, 0.1) is 11.7 Å². The molecule has 26 heavy (non-hydrogen) atoms. The Labute approximate surface area is 156 Å². The summed E-state index contributed by atoms with van der Waals surface area (Å²) in [7, 11) is 0. The van der Waals surface area contributed by atoms with Crippen LogP contribution in [-0.2, 0) is 0 Å². The second-order valence-corrected chi connectivity index (χ2v) is 6.42. The van der Waals surface area contributed by atoms with Gasteiger partial charge in [-0.1, -0.05) is 23.2 Å². The Morgan fingerprint density at radius 1 is 0.846 bits per heavy atom. The van der Waals surface area contributed by atoms with Crippen molar-refractivity contribution in [1.82, 2.24) is 25.8 Å². The van der Waals surface area contributed by atoms with Gasteiger partial charge >= 0.3 is 0 Å². The van der Waals surface area contributed by atoms with Gasteiger partial charge in [0, 0.05) is 21.3 Å². The Balaban J connectivity index is 1.47. The normalized spacial score (nSPS) is 11.0. The molecule has 0 aliphatic carbocycles. The molecule has 0 fully saturated rings. The third-order valence-corrected chi connectivity index (χ3v) is 4.28. The number of hydrazine groups is 1. The molecular weight excluding hydrogens is 377 g/mol. The molecule has 7 nitrogen and oxygen atoms in total. The van der Waals surface area contributed by atoms with Gasteiger partial charge < -0.3 is 9.97 Å². The van der Waals surface area contributed by atoms with Gasteiger partial charge in [-0.3, -0.25) is 20.4 Å². The van der Waals surface area contributed by atoms with E-state index >= 15 is 0 Å². The molecule has 4 N–H and O–H groups in total. The molecule has 0 unspecified atom stereocenters. The Morgan fingerprint density at radius 3 is 2.15 bits per heavy atom. The highest BCUT2D eigenvalue weighted by molar-refractivity contribution is 6.31. The lowest BCUT2D eigenvalue weighted by molar-refractivity contribution is 0.0842. The molecule has 0 spiro atoms. The molecule has 0 atom stereocenters. The van der Waals surface area contributed by atoms with Gasteiger partial charge in [-0.25, -0.2) is 4.98 Å². The number of halogens is 2. The van der Waals surface area contributed by atoms with Gasteiger partial charge in [0.25, 0.3) is 11.8 Å². The Morgan fingerprint density at radius 2 is 1.46 bits per heavy atom. The average Bonchev–Trinajstić information content (AvgIpc) is 3.22. The van der Waals surface area contributed by atoms with E-state index < -0.39 is 11.8 Å². The number of benzene rings is 1. The maximum atomic E-state index is 12.2. The number of H-pyrrole nitrogens is 2. The van der Waals surface area contributed by atoms with E-state index in [1.54, 1.807) is 36.4 Å². The summed E-state index contributed by atoms with van der Waals surface area (Å²) in [5.74, 6) is -0.976. The molecule has 0 saturated heterocycles. The van der Waals surface area contributed by atoms with E-state index in [1.807, 2.05) is 0 Å². The largest absolute Gasteiger partial charge is 0.350 e. The molecule has 4 rings (SSSR count). The topological polar surface area (TPSA) is 103 Å². The number of pyridine rings is 1. The number of amides is 2. The molecule has 0 radical (unpaired) electrons. The van der Waals surface area contributed by atoms with Crippen LogP contribution in [0.3, 0.4) is 0 Å². The van der Waals surface area contributed by atoms with Crippen LogP contribution < -0.4 is 10.9 Å². The number of aromatic nitrogens is 3. The van der Waals surface area contributed by atoms with Crippen LogP contribution in [0.15, 0.2) is 42.6 Å². The summed E-state index contributed by atoms with van der Waals surface area (Å²) in [5, 5.41) is 2.45. The minimum Gasteiger partial charge on any atom is -0.350 e. The highest BCUT2D eigenvalue weighted by atomic mass is 35.5. The standard InChI is InChI=1S/C17H11Cl2N5O2/c18-10-1-2-11-8(3-10)4-12(21-11)16(25)23-24-17(26)13-5-9-6-15(19)20-7-14(9)22-13/h1-7,21-22H,(H,23,25)(H,24,26). The number of hydrogen-bond acceptors (Lipinski definition) is 3. The van der Waals surface area contributed by atoms with Gasteiger partial charge in [0.2, 0.25) is 0 Å². The minimum absolute atomic E-state index is 0.271. The minimum atomic E-state index is -0.496. The third kappa shape index (κ3) is 3.10. The second kappa shape index (κ2) is 6.36. The molecular formula is C17H11Cl2N5O2. The van der Waals surface area contributed by atoms with Crippen LogP contribution in [0.5, 0.6) is 0 Å². The zero-order valence-electron chi connectivity index (χ0n) is 13.1. The van der Waals surface area contributed by atoms with Crippen molar-refractivity contribution in [2.24, 2.45) is 0 Å². The molecule has 130 valence electrons. The fourth-order valence-electron chi connectivity index (χ4n) is 2.60. The molecule has 1 aromatic carbocycles. The van der Waals surface area contributed by atoms with Crippen LogP contribution in [-0.4, -0.2) is 26.8 Å². The van der Waals surface area contributed by atoms with E-state index in [4.69, 9.17) is 23.2 Å². The van der Waals surface area contributed by atoms with Crippen molar-refractivity contribution in [2.45, 2.75) is 0 Å². The molecule has 0 aliphatic rings. The predicted molar refractivity (Wildman–Crippen MR) is 99.3 cm³/mol. The van der Waals surface area contributed by atoms with Gasteiger partial charge in [-0.15, -0.1) is 0 Å².